The van der Waals surface area contributed by atoms with Crippen molar-refractivity contribution in [2.45, 2.75) is 20.4 Å². The molecule has 0 aliphatic rings. The Bertz CT molecular complexity index is 601. The van der Waals surface area contributed by atoms with E-state index in [0.717, 1.165) is 23.3 Å². The number of hydrogen-bond acceptors (Lipinski definition) is 2. The van der Waals surface area contributed by atoms with Crippen LogP contribution in [0.5, 0.6) is 11.5 Å². The first kappa shape index (κ1) is 15.0. The Balaban J connectivity index is 2.13. The number of halogens is 2. The zero-order valence-corrected chi connectivity index (χ0v) is 13.1. The van der Waals surface area contributed by atoms with Crippen molar-refractivity contribution >= 4 is 15.9 Å². The van der Waals surface area contributed by atoms with Crippen LogP contribution in [0.2, 0.25) is 0 Å². The lowest BCUT2D eigenvalue weighted by Crippen LogP contribution is -2.11. The lowest BCUT2D eigenvalue weighted by atomic mass is 10.2. The molecule has 20 heavy (non-hydrogen) atoms. The Hall–Kier alpha value is -1.39. The normalized spacial score (nSPS) is 10.6. The van der Waals surface area contributed by atoms with Gasteiger partial charge in [-0.25, -0.2) is 4.39 Å². The minimum Gasteiger partial charge on any atom is -0.457 e. The van der Waals surface area contributed by atoms with Crippen molar-refractivity contribution in [1.82, 2.24) is 5.32 Å². The monoisotopic (exact) mass is 337 g/mol. The summed E-state index contributed by atoms with van der Waals surface area (Å²) in [6, 6.07) is 10.6. The van der Waals surface area contributed by atoms with E-state index in [4.69, 9.17) is 4.74 Å². The molecule has 0 aliphatic heterocycles. The third kappa shape index (κ3) is 3.81. The van der Waals surface area contributed by atoms with Gasteiger partial charge in [0.2, 0.25) is 0 Å². The van der Waals surface area contributed by atoms with Crippen LogP contribution >= 0.6 is 15.9 Å². The quantitative estimate of drug-likeness (QED) is 0.846. The Morgan fingerprint density at radius 2 is 1.85 bits per heavy atom. The molecule has 0 heterocycles. The van der Waals surface area contributed by atoms with Gasteiger partial charge in [-0.2, -0.15) is 0 Å². The maximum atomic E-state index is 13.2. The van der Waals surface area contributed by atoms with Crippen LogP contribution in [0.3, 0.4) is 0 Å². The molecule has 4 heteroatoms. The lowest BCUT2D eigenvalue weighted by Gasteiger charge is -2.10. The predicted octanol–water partition coefficient (Wildman–Crippen LogP) is 4.80. The fraction of sp³-hybridized carbons (Fsp3) is 0.250. The summed E-state index contributed by atoms with van der Waals surface area (Å²) in [6.07, 6.45) is 0. The van der Waals surface area contributed by atoms with Gasteiger partial charge in [0.15, 0.2) is 0 Å². The summed E-state index contributed by atoms with van der Waals surface area (Å²) in [6.45, 7) is 5.53. The highest BCUT2D eigenvalue weighted by atomic mass is 79.9. The number of ether oxygens (including phenoxy) is 1. The van der Waals surface area contributed by atoms with Gasteiger partial charge in [0.25, 0.3) is 0 Å². The molecule has 0 aromatic heterocycles. The number of hydrogen-bond donors (Lipinski definition) is 1. The Kier molecular flexibility index (Phi) is 5.15. The highest BCUT2D eigenvalue weighted by Gasteiger charge is 2.05. The summed E-state index contributed by atoms with van der Waals surface area (Å²) in [4.78, 5) is 0. The van der Waals surface area contributed by atoms with Crippen molar-refractivity contribution in [3.8, 4) is 11.5 Å². The molecule has 0 atom stereocenters. The topological polar surface area (TPSA) is 21.3 Å². The summed E-state index contributed by atoms with van der Waals surface area (Å²) in [7, 11) is 0. The summed E-state index contributed by atoms with van der Waals surface area (Å²) in [5.74, 6) is 1.14. The third-order valence-corrected chi connectivity index (χ3v) is 3.69. The number of nitrogens with one attached hydrogen (secondary N) is 1. The number of aryl methyl sites for hydroxylation is 1. The second kappa shape index (κ2) is 6.86. The van der Waals surface area contributed by atoms with E-state index >= 15 is 0 Å². The van der Waals surface area contributed by atoms with Gasteiger partial charge in [-0.05, 0) is 54.9 Å². The molecule has 1 N–H and O–H groups in total. The second-order valence-electron chi connectivity index (χ2n) is 4.55. The maximum absolute atomic E-state index is 13.2. The molecule has 0 radical (unpaired) electrons. The highest BCUT2D eigenvalue weighted by Crippen LogP contribution is 2.28. The van der Waals surface area contributed by atoms with Crippen LogP contribution in [0.4, 0.5) is 4.39 Å². The summed E-state index contributed by atoms with van der Waals surface area (Å²) >= 11 is 3.54. The molecule has 0 unspecified atom stereocenters. The van der Waals surface area contributed by atoms with Gasteiger partial charge in [0.05, 0.1) is 0 Å². The van der Waals surface area contributed by atoms with Crippen molar-refractivity contribution in [3.05, 3.63) is 57.8 Å². The van der Waals surface area contributed by atoms with Crippen molar-refractivity contribution < 1.29 is 9.13 Å². The van der Waals surface area contributed by atoms with Crippen LogP contribution in [0.15, 0.2) is 40.9 Å². The molecule has 0 saturated carbocycles. The Morgan fingerprint density at radius 3 is 2.50 bits per heavy atom. The van der Waals surface area contributed by atoms with Crippen molar-refractivity contribution in [1.29, 1.82) is 0 Å². The molecule has 0 fully saturated rings. The van der Waals surface area contributed by atoms with Crippen LogP contribution in [0.25, 0.3) is 0 Å². The van der Waals surface area contributed by atoms with Crippen LogP contribution in [-0.2, 0) is 6.54 Å². The highest BCUT2D eigenvalue weighted by molar-refractivity contribution is 9.10. The summed E-state index contributed by atoms with van der Waals surface area (Å²) in [5.41, 5.74) is 1.75. The molecular weight excluding hydrogens is 321 g/mol. The van der Waals surface area contributed by atoms with Crippen molar-refractivity contribution in [3.63, 3.8) is 0 Å². The Labute approximate surface area is 127 Å². The molecule has 0 amide bonds. The zero-order chi connectivity index (χ0) is 14.5. The van der Waals surface area contributed by atoms with Crippen molar-refractivity contribution in [2.24, 2.45) is 0 Å². The van der Waals surface area contributed by atoms with E-state index in [1.54, 1.807) is 19.1 Å². The van der Waals surface area contributed by atoms with E-state index in [1.807, 2.05) is 18.2 Å². The third-order valence-electron chi connectivity index (χ3n) is 2.96. The van der Waals surface area contributed by atoms with Gasteiger partial charge in [-0.15, -0.1) is 0 Å². The maximum Gasteiger partial charge on any atom is 0.128 e. The van der Waals surface area contributed by atoms with Crippen LogP contribution < -0.4 is 10.1 Å². The molecular formula is C16H17BrFNO. The van der Waals surface area contributed by atoms with Gasteiger partial charge in [0, 0.05) is 11.0 Å². The van der Waals surface area contributed by atoms with E-state index in [-0.39, 0.29) is 5.82 Å². The van der Waals surface area contributed by atoms with E-state index in [1.165, 1.54) is 11.6 Å². The van der Waals surface area contributed by atoms with E-state index in [2.05, 4.69) is 28.2 Å². The van der Waals surface area contributed by atoms with Crippen molar-refractivity contribution in [2.75, 3.05) is 6.54 Å². The first-order chi connectivity index (χ1) is 9.60. The molecule has 2 rings (SSSR count). The molecule has 0 aliphatic carbocycles. The molecule has 106 valence electrons. The average Bonchev–Trinajstić information content (AvgIpc) is 2.42. The molecule has 2 aromatic rings. The number of rotatable bonds is 5. The average molecular weight is 338 g/mol. The van der Waals surface area contributed by atoms with Crippen LogP contribution in [0.1, 0.15) is 18.1 Å². The minimum atomic E-state index is -0.223. The molecule has 2 aromatic carbocycles. The standard InChI is InChI=1S/C16H17BrFNO/c1-3-19-10-12-4-5-14(9-15(12)17)20-13-6-7-16(18)11(2)8-13/h4-9,19H,3,10H2,1-2H3. The van der Waals surface area contributed by atoms with Gasteiger partial charge in [-0.3, -0.25) is 0 Å². The van der Waals surface area contributed by atoms with Gasteiger partial charge < -0.3 is 10.1 Å². The first-order valence-corrected chi connectivity index (χ1v) is 7.32. The molecule has 2 nitrogen and oxygen atoms in total. The lowest BCUT2D eigenvalue weighted by molar-refractivity contribution is 0.479. The fourth-order valence-corrected chi connectivity index (χ4v) is 2.31. The molecule has 0 spiro atoms. The molecule has 0 saturated heterocycles. The largest absolute Gasteiger partial charge is 0.457 e. The van der Waals surface area contributed by atoms with Crippen LogP contribution in [-0.4, -0.2) is 6.54 Å². The van der Waals surface area contributed by atoms with Crippen LogP contribution in [0, 0.1) is 12.7 Å². The first-order valence-electron chi connectivity index (χ1n) is 6.53. The Morgan fingerprint density at radius 1 is 1.15 bits per heavy atom. The van der Waals surface area contributed by atoms with Gasteiger partial charge in [-0.1, -0.05) is 28.9 Å². The molecule has 0 bridgehead atoms. The van der Waals surface area contributed by atoms with Gasteiger partial charge in [0.1, 0.15) is 17.3 Å². The zero-order valence-electron chi connectivity index (χ0n) is 11.5. The SMILES string of the molecule is CCNCc1ccc(Oc2ccc(F)c(C)c2)cc1Br. The fourth-order valence-electron chi connectivity index (χ4n) is 1.81. The van der Waals surface area contributed by atoms with E-state index in [9.17, 15) is 4.39 Å². The van der Waals surface area contributed by atoms with Gasteiger partial charge >= 0.3 is 0 Å². The smallest absolute Gasteiger partial charge is 0.128 e. The number of benzene rings is 2. The predicted molar refractivity (Wildman–Crippen MR) is 82.7 cm³/mol. The van der Waals surface area contributed by atoms with E-state index in [0.29, 0.717) is 11.3 Å². The van der Waals surface area contributed by atoms with E-state index < -0.39 is 0 Å². The summed E-state index contributed by atoms with van der Waals surface area (Å²) in [5, 5.41) is 3.28. The summed E-state index contributed by atoms with van der Waals surface area (Å²) < 4.78 is 19.9. The second-order valence-corrected chi connectivity index (χ2v) is 5.40. The minimum absolute atomic E-state index is 0.223.